The molecule has 1 aliphatic rings. The van der Waals surface area contributed by atoms with Crippen LogP contribution in [0.3, 0.4) is 0 Å². The molecule has 0 radical (unpaired) electrons. The Morgan fingerprint density at radius 1 is 1.27 bits per heavy atom. The SMILES string of the molecule is Cc1ccncc1-c1cc(N)c2ncc(C3CC3F)cc2n1. The standard InChI is InChI=1S/C17H15FN4/c1-9-2-3-20-8-12(9)15-6-14(19)17-16(22-15)4-10(7-21-17)11-5-13(11)18/h2-4,6-8,11,13H,5H2,1H3,(H2,19,22). The third kappa shape index (κ3) is 2.09. The van der Waals surface area contributed by atoms with E-state index in [9.17, 15) is 4.39 Å². The van der Waals surface area contributed by atoms with Gasteiger partial charge in [-0.3, -0.25) is 9.97 Å². The molecule has 4 rings (SSSR count). The van der Waals surface area contributed by atoms with E-state index in [0.29, 0.717) is 23.1 Å². The van der Waals surface area contributed by atoms with Crippen molar-refractivity contribution in [3.63, 3.8) is 0 Å². The van der Waals surface area contributed by atoms with E-state index in [1.54, 1.807) is 18.6 Å². The van der Waals surface area contributed by atoms with Crippen LogP contribution in [0.25, 0.3) is 22.3 Å². The average Bonchev–Trinajstić information content (AvgIpc) is 3.24. The zero-order valence-electron chi connectivity index (χ0n) is 12.1. The summed E-state index contributed by atoms with van der Waals surface area (Å²) in [6.07, 6.45) is 5.06. The Morgan fingerprint density at radius 3 is 2.82 bits per heavy atom. The van der Waals surface area contributed by atoms with E-state index in [1.807, 2.05) is 25.1 Å². The first-order valence-electron chi connectivity index (χ1n) is 7.24. The van der Waals surface area contributed by atoms with Crippen LogP contribution in [0.5, 0.6) is 0 Å². The lowest BCUT2D eigenvalue weighted by molar-refractivity contribution is 0.468. The molecule has 22 heavy (non-hydrogen) atoms. The second kappa shape index (κ2) is 4.73. The number of pyridine rings is 3. The quantitative estimate of drug-likeness (QED) is 0.786. The van der Waals surface area contributed by atoms with Crippen LogP contribution in [0.4, 0.5) is 10.1 Å². The van der Waals surface area contributed by atoms with Gasteiger partial charge in [-0.2, -0.15) is 0 Å². The van der Waals surface area contributed by atoms with E-state index in [0.717, 1.165) is 22.4 Å². The van der Waals surface area contributed by atoms with Crippen molar-refractivity contribution in [2.75, 3.05) is 5.73 Å². The van der Waals surface area contributed by atoms with Gasteiger partial charge in [0.1, 0.15) is 11.7 Å². The summed E-state index contributed by atoms with van der Waals surface area (Å²) >= 11 is 0. The highest BCUT2D eigenvalue weighted by molar-refractivity contribution is 5.89. The summed E-state index contributed by atoms with van der Waals surface area (Å²) in [6, 6.07) is 5.65. The van der Waals surface area contributed by atoms with Crippen LogP contribution < -0.4 is 5.73 Å². The van der Waals surface area contributed by atoms with Gasteiger partial charge in [-0.25, -0.2) is 9.37 Å². The minimum absolute atomic E-state index is 0.0382. The molecule has 2 unspecified atom stereocenters. The van der Waals surface area contributed by atoms with Crippen LogP contribution in [-0.2, 0) is 0 Å². The molecule has 4 nitrogen and oxygen atoms in total. The maximum Gasteiger partial charge on any atom is 0.112 e. The molecule has 0 bridgehead atoms. The molecule has 1 aliphatic carbocycles. The van der Waals surface area contributed by atoms with Crippen LogP contribution in [0.2, 0.25) is 0 Å². The van der Waals surface area contributed by atoms with Gasteiger partial charge in [-0.1, -0.05) is 0 Å². The normalized spacial score (nSPS) is 20.3. The summed E-state index contributed by atoms with van der Waals surface area (Å²) < 4.78 is 13.3. The fraction of sp³-hybridized carbons (Fsp3) is 0.235. The molecule has 110 valence electrons. The number of fused-ring (bicyclic) bond motifs is 1. The first-order chi connectivity index (χ1) is 10.6. The number of nitrogens with two attached hydrogens (primary N) is 1. The molecule has 0 aromatic carbocycles. The summed E-state index contributed by atoms with van der Waals surface area (Å²) in [5, 5.41) is 0. The number of hydrogen-bond acceptors (Lipinski definition) is 4. The van der Waals surface area contributed by atoms with Crippen LogP contribution in [0, 0.1) is 6.92 Å². The van der Waals surface area contributed by atoms with Gasteiger partial charge in [0.25, 0.3) is 0 Å². The van der Waals surface area contributed by atoms with Crippen molar-refractivity contribution >= 4 is 16.7 Å². The molecule has 0 aliphatic heterocycles. The minimum atomic E-state index is -0.750. The summed E-state index contributed by atoms with van der Waals surface area (Å²) in [5.41, 5.74) is 11.7. The molecule has 3 aromatic rings. The molecule has 0 saturated heterocycles. The fourth-order valence-electron chi connectivity index (χ4n) is 2.74. The maximum absolute atomic E-state index is 13.3. The second-order valence-electron chi connectivity index (χ2n) is 5.78. The highest BCUT2D eigenvalue weighted by Gasteiger charge is 2.39. The molecule has 2 N–H and O–H groups in total. The number of aryl methyl sites for hydroxylation is 1. The number of nitrogen functional groups attached to an aromatic ring is 1. The van der Waals surface area contributed by atoms with E-state index in [4.69, 9.17) is 5.73 Å². The number of alkyl halides is 1. The van der Waals surface area contributed by atoms with Gasteiger partial charge in [0, 0.05) is 30.1 Å². The van der Waals surface area contributed by atoms with Crippen LogP contribution >= 0.6 is 0 Å². The van der Waals surface area contributed by atoms with Gasteiger partial charge < -0.3 is 5.73 Å². The van der Waals surface area contributed by atoms with E-state index in [-0.39, 0.29) is 5.92 Å². The maximum atomic E-state index is 13.3. The lowest BCUT2D eigenvalue weighted by Crippen LogP contribution is -1.97. The predicted molar refractivity (Wildman–Crippen MR) is 84.2 cm³/mol. The third-order valence-electron chi connectivity index (χ3n) is 4.15. The molecule has 0 spiro atoms. The van der Waals surface area contributed by atoms with Crippen molar-refractivity contribution in [3.05, 3.63) is 47.9 Å². The number of halogens is 1. The number of anilines is 1. The van der Waals surface area contributed by atoms with Crippen molar-refractivity contribution in [2.45, 2.75) is 25.4 Å². The molecule has 1 saturated carbocycles. The van der Waals surface area contributed by atoms with E-state index >= 15 is 0 Å². The number of nitrogens with zero attached hydrogens (tertiary/aromatic N) is 3. The Hall–Kier alpha value is -2.56. The minimum Gasteiger partial charge on any atom is -0.397 e. The lowest BCUT2D eigenvalue weighted by atomic mass is 10.1. The number of hydrogen-bond donors (Lipinski definition) is 1. The fourth-order valence-corrected chi connectivity index (χ4v) is 2.74. The molecule has 3 aromatic heterocycles. The van der Waals surface area contributed by atoms with Crippen molar-refractivity contribution in [3.8, 4) is 11.3 Å². The molecular weight excluding hydrogens is 279 g/mol. The first kappa shape index (κ1) is 13.1. The average molecular weight is 294 g/mol. The molecule has 3 heterocycles. The van der Waals surface area contributed by atoms with Crippen LogP contribution in [-0.4, -0.2) is 21.1 Å². The largest absolute Gasteiger partial charge is 0.397 e. The Bertz CT molecular complexity index is 878. The first-order valence-corrected chi connectivity index (χ1v) is 7.24. The topological polar surface area (TPSA) is 64.7 Å². The van der Waals surface area contributed by atoms with Crippen LogP contribution in [0.15, 0.2) is 36.8 Å². The van der Waals surface area contributed by atoms with Crippen molar-refractivity contribution in [2.24, 2.45) is 0 Å². The van der Waals surface area contributed by atoms with E-state index < -0.39 is 6.17 Å². The van der Waals surface area contributed by atoms with Gasteiger partial charge in [-0.15, -0.1) is 0 Å². The van der Waals surface area contributed by atoms with Gasteiger partial charge in [0.05, 0.1) is 16.9 Å². The monoisotopic (exact) mass is 294 g/mol. The Labute approximate surface area is 127 Å². The number of rotatable bonds is 2. The molecular formula is C17H15FN4. The Kier molecular flexibility index (Phi) is 2.82. The second-order valence-corrected chi connectivity index (χ2v) is 5.78. The molecule has 1 fully saturated rings. The van der Waals surface area contributed by atoms with E-state index in [1.165, 1.54) is 0 Å². The third-order valence-corrected chi connectivity index (χ3v) is 4.15. The van der Waals surface area contributed by atoms with Crippen LogP contribution in [0.1, 0.15) is 23.5 Å². The van der Waals surface area contributed by atoms with Gasteiger partial charge in [0.2, 0.25) is 0 Å². The summed E-state index contributed by atoms with van der Waals surface area (Å²) in [4.78, 5) is 13.2. The van der Waals surface area contributed by atoms with Gasteiger partial charge >= 0.3 is 0 Å². The smallest absolute Gasteiger partial charge is 0.112 e. The van der Waals surface area contributed by atoms with Crippen molar-refractivity contribution in [1.29, 1.82) is 0 Å². The summed E-state index contributed by atoms with van der Waals surface area (Å²) in [6.45, 7) is 2.01. The predicted octanol–water partition coefficient (Wildman–Crippen LogP) is 3.41. The Morgan fingerprint density at radius 2 is 2.09 bits per heavy atom. The highest BCUT2D eigenvalue weighted by atomic mass is 19.1. The molecule has 5 heteroatoms. The zero-order chi connectivity index (χ0) is 15.3. The lowest BCUT2D eigenvalue weighted by Gasteiger charge is -2.09. The van der Waals surface area contributed by atoms with E-state index in [2.05, 4.69) is 15.0 Å². The summed E-state index contributed by atoms with van der Waals surface area (Å²) in [5.74, 6) is -0.0382. The van der Waals surface area contributed by atoms with Gasteiger partial charge in [-0.05, 0) is 42.7 Å². The van der Waals surface area contributed by atoms with Crippen molar-refractivity contribution < 1.29 is 4.39 Å². The number of aromatic nitrogens is 3. The Balaban J connectivity index is 1.89. The highest BCUT2D eigenvalue weighted by Crippen LogP contribution is 2.43. The summed E-state index contributed by atoms with van der Waals surface area (Å²) in [7, 11) is 0. The zero-order valence-corrected chi connectivity index (χ0v) is 12.1. The molecule has 0 amide bonds. The molecule has 2 atom stereocenters. The van der Waals surface area contributed by atoms with Crippen molar-refractivity contribution in [1.82, 2.24) is 15.0 Å². The van der Waals surface area contributed by atoms with Gasteiger partial charge in [0.15, 0.2) is 0 Å².